The topological polar surface area (TPSA) is 129 Å². The van der Waals surface area contributed by atoms with E-state index in [0.717, 1.165) is 5.56 Å². The molecule has 41 heavy (non-hydrogen) atoms. The minimum Gasteiger partial charge on any atom is -0.497 e. The van der Waals surface area contributed by atoms with Gasteiger partial charge in [0.05, 0.1) is 29.8 Å². The molecule has 10 nitrogen and oxygen atoms in total. The quantitative estimate of drug-likeness (QED) is 0.190. The molecule has 0 unspecified atom stereocenters. The largest absolute Gasteiger partial charge is 0.497 e. The number of methoxy groups -OCH3 is 1. The van der Waals surface area contributed by atoms with Crippen molar-refractivity contribution in [2.24, 2.45) is 5.92 Å². The first kappa shape index (κ1) is 32.0. The Bertz CT molecular complexity index is 1380. The summed E-state index contributed by atoms with van der Waals surface area (Å²) in [6.45, 7) is 5.53. The molecule has 2 atom stereocenters. The number of nitrogens with one attached hydrogen (secondary N) is 1. The zero-order valence-corrected chi connectivity index (χ0v) is 24.8. The number of carbonyl (C=O) groups is 1. The average Bonchev–Trinajstić information content (AvgIpc) is 2.95. The molecule has 3 aromatic carbocycles. The second-order valence-electron chi connectivity index (χ2n) is 10.4. The highest BCUT2D eigenvalue weighted by Gasteiger charge is 2.34. The minimum atomic E-state index is -3.96. The average molecular weight is 586 g/mol. The number of aliphatic hydroxyl groups excluding tert-OH is 1. The number of hydrogen-bond acceptors (Lipinski definition) is 8. The Morgan fingerprint density at radius 3 is 2.22 bits per heavy atom. The Balaban J connectivity index is 1.95. The summed E-state index contributed by atoms with van der Waals surface area (Å²) in [7, 11) is -0.853. The number of aryl methyl sites for hydroxylation is 1. The van der Waals surface area contributed by atoms with E-state index in [1.807, 2.05) is 44.2 Å². The van der Waals surface area contributed by atoms with Crippen LogP contribution in [-0.2, 0) is 21.4 Å². The predicted molar refractivity (Wildman–Crippen MR) is 157 cm³/mol. The molecular formula is C30H39N3O7S. The Kier molecular flexibility index (Phi) is 11.3. The highest BCUT2D eigenvalue weighted by Crippen LogP contribution is 2.24. The third-order valence-electron chi connectivity index (χ3n) is 6.83. The second-order valence-corrected chi connectivity index (χ2v) is 12.3. The molecule has 222 valence electrons. The van der Waals surface area contributed by atoms with Gasteiger partial charge in [-0.1, -0.05) is 44.2 Å². The standard InChI is InChI=1S/C30H39N3O7S/c1-21(2)19-33(41(37,38)26-14-12-25(39-5)13-15-26)20-29(34)28(18-23-9-7-6-8-10-23)32(4)30(35)27-16-11-24(31-40-36)17-22(27)3/h6-17,21,28-29,31,34,36H,18-20H2,1-5H3/t28-,29+/m0/s1. The molecule has 0 heterocycles. The van der Waals surface area contributed by atoms with Crippen LogP contribution in [0.5, 0.6) is 5.75 Å². The van der Waals surface area contributed by atoms with Crippen LogP contribution < -0.4 is 10.2 Å². The van der Waals surface area contributed by atoms with Crippen molar-refractivity contribution in [2.75, 3.05) is 32.7 Å². The molecule has 0 radical (unpaired) electrons. The summed E-state index contributed by atoms with van der Waals surface area (Å²) < 4.78 is 33.8. The van der Waals surface area contributed by atoms with Gasteiger partial charge in [0, 0.05) is 25.7 Å². The fourth-order valence-electron chi connectivity index (χ4n) is 4.65. The van der Waals surface area contributed by atoms with Gasteiger partial charge in [-0.25, -0.2) is 19.2 Å². The lowest BCUT2D eigenvalue weighted by molar-refractivity contribution is -0.215. The smallest absolute Gasteiger partial charge is 0.254 e. The Labute approximate surface area is 242 Å². The molecule has 3 rings (SSSR count). The Morgan fingerprint density at radius 1 is 1.00 bits per heavy atom. The van der Waals surface area contributed by atoms with Gasteiger partial charge in [-0.05, 0) is 72.9 Å². The maximum atomic E-state index is 13.7. The van der Waals surface area contributed by atoms with Gasteiger partial charge in [-0.3, -0.25) is 4.79 Å². The van der Waals surface area contributed by atoms with E-state index >= 15 is 0 Å². The molecule has 11 heteroatoms. The Morgan fingerprint density at radius 2 is 1.66 bits per heavy atom. The minimum absolute atomic E-state index is 0.0140. The normalized spacial score (nSPS) is 13.2. The van der Waals surface area contributed by atoms with E-state index < -0.39 is 22.2 Å². The maximum Gasteiger partial charge on any atom is 0.254 e. The van der Waals surface area contributed by atoms with Crippen molar-refractivity contribution in [1.82, 2.24) is 9.21 Å². The second kappa shape index (κ2) is 14.4. The van der Waals surface area contributed by atoms with Crippen LogP contribution in [0.15, 0.2) is 77.7 Å². The Hall–Kier alpha value is -3.48. The molecule has 0 bridgehead atoms. The first-order chi connectivity index (χ1) is 19.5. The van der Waals surface area contributed by atoms with Gasteiger partial charge in [0.1, 0.15) is 5.75 Å². The van der Waals surface area contributed by atoms with E-state index in [4.69, 9.17) is 9.99 Å². The van der Waals surface area contributed by atoms with E-state index in [-0.39, 0.29) is 29.8 Å². The number of hydrogen-bond donors (Lipinski definition) is 3. The van der Waals surface area contributed by atoms with Crippen molar-refractivity contribution in [3.8, 4) is 5.75 Å². The number of rotatable bonds is 14. The van der Waals surface area contributed by atoms with Crippen molar-refractivity contribution in [2.45, 2.75) is 44.2 Å². The fourth-order valence-corrected chi connectivity index (χ4v) is 6.27. The van der Waals surface area contributed by atoms with Crippen LogP contribution in [0.4, 0.5) is 5.69 Å². The summed E-state index contributed by atoms with van der Waals surface area (Å²) in [6.07, 6.45) is -0.903. The summed E-state index contributed by atoms with van der Waals surface area (Å²) in [6, 6.07) is 19.6. The van der Waals surface area contributed by atoms with Crippen LogP contribution in [0.3, 0.4) is 0 Å². The number of nitrogens with zero attached hydrogens (tertiary/aromatic N) is 2. The van der Waals surface area contributed by atoms with Gasteiger partial charge < -0.3 is 14.7 Å². The molecule has 0 spiro atoms. The molecule has 0 aliphatic carbocycles. The summed E-state index contributed by atoms with van der Waals surface area (Å²) in [4.78, 5) is 19.2. The lowest BCUT2D eigenvalue weighted by atomic mass is 9.98. The van der Waals surface area contributed by atoms with Crippen LogP contribution in [0.2, 0.25) is 0 Å². The van der Waals surface area contributed by atoms with Crippen molar-refractivity contribution in [1.29, 1.82) is 0 Å². The highest BCUT2D eigenvalue weighted by atomic mass is 32.2. The molecule has 3 N–H and O–H groups in total. The number of benzene rings is 3. The van der Waals surface area contributed by atoms with Crippen LogP contribution in [-0.4, -0.2) is 73.3 Å². The predicted octanol–water partition coefficient (Wildman–Crippen LogP) is 4.21. The van der Waals surface area contributed by atoms with E-state index in [9.17, 15) is 18.3 Å². The lowest BCUT2D eigenvalue weighted by Crippen LogP contribution is -2.51. The molecule has 0 fully saturated rings. The number of amides is 1. The number of ether oxygens (including phenoxy) is 1. The van der Waals surface area contributed by atoms with Crippen LogP contribution in [0.1, 0.15) is 35.3 Å². The number of aliphatic hydroxyl groups is 1. The van der Waals surface area contributed by atoms with E-state index in [1.165, 1.54) is 28.4 Å². The van der Waals surface area contributed by atoms with Gasteiger partial charge in [0.25, 0.3) is 5.91 Å². The van der Waals surface area contributed by atoms with Crippen LogP contribution in [0.25, 0.3) is 0 Å². The monoisotopic (exact) mass is 585 g/mol. The number of likely N-dealkylation sites (N-methyl/N-ethyl adjacent to an activating group) is 1. The molecular weight excluding hydrogens is 546 g/mol. The van der Waals surface area contributed by atoms with Gasteiger partial charge in [-0.15, -0.1) is 4.99 Å². The molecule has 1 amide bonds. The fraction of sp³-hybridized carbons (Fsp3) is 0.367. The zero-order valence-electron chi connectivity index (χ0n) is 24.0. The van der Waals surface area contributed by atoms with E-state index in [0.29, 0.717) is 29.0 Å². The first-order valence-electron chi connectivity index (χ1n) is 13.3. The summed E-state index contributed by atoms with van der Waals surface area (Å²) in [5, 5.41) is 20.3. The van der Waals surface area contributed by atoms with Crippen molar-refractivity contribution >= 4 is 21.6 Å². The molecule has 0 aliphatic heterocycles. The molecule has 3 aromatic rings. The zero-order chi connectivity index (χ0) is 30.2. The molecule has 0 saturated carbocycles. The summed E-state index contributed by atoms with van der Waals surface area (Å²) >= 11 is 0. The number of sulfonamides is 1. The SMILES string of the molecule is COc1ccc(S(=O)(=O)N(CC(C)C)C[C@@H](O)[C@H](Cc2ccccc2)N(C)C(=O)c2ccc(NOO)cc2C)cc1. The van der Waals surface area contributed by atoms with Crippen molar-refractivity contribution < 1.29 is 33.3 Å². The van der Waals surface area contributed by atoms with Gasteiger partial charge in [0.2, 0.25) is 10.0 Å². The summed E-state index contributed by atoms with van der Waals surface area (Å²) in [5.41, 5.74) is 4.68. The van der Waals surface area contributed by atoms with Gasteiger partial charge in [0.15, 0.2) is 0 Å². The molecule has 0 aromatic heterocycles. The van der Waals surface area contributed by atoms with Crippen LogP contribution in [0, 0.1) is 12.8 Å². The number of anilines is 1. The summed E-state index contributed by atoms with van der Waals surface area (Å²) in [5.74, 6) is 0.178. The molecule has 0 aliphatic rings. The maximum absolute atomic E-state index is 13.7. The van der Waals surface area contributed by atoms with Crippen molar-refractivity contribution in [3.05, 3.63) is 89.5 Å². The van der Waals surface area contributed by atoms with Gasteiger partial charge >= 0.3 is 0 Å². The van der Waals surface area contributed by atoms with E-state index in [2.05, 4.69) is 10.5 Å². The van der Waals surface area contributed by atoms with Crippen molar-refractivity contribution in [3.63, 3.8) is 0 Å². The van der Waals surface area contributed by atoms with E-state index in [1.54, 1.807) is 44.3 Å². The van der Waals surface area contributed by atoms with Gasteiger partial charge in [-0.2, -0.15) is 4.31 Å². The highest BCUT2D eigenvalue weighted by molar-refractivity contribution is 7.89. The first-order valence-corrected chi connectivity index (χ1v) is 14.7. The lowest BCUT2D eigenvalue weighted by Gasteiger charge is -2.35. The van der Waals surface area contributed by atoms with Crippen LogP contribution >= 0.6 is 0 Å². The number of carbonyl (C=O) groups excluding carboxylic acids is 1. The third-order valence-corrected chi connectivity index (χ3v) is 8.67. The molecule has 0 saturated heterocycles. The third kappa shape index (κ3) is 8.27.